The van der Waals surface area contributed by atoms with Crippen LogP contribution in [-0.2, 0) is 16.1 Å². The maximum atomic E-state index is 9.10. The van der Waals surface area contributed by atoms with Crippen molar-refractivity contribution in [3.05, 3.63) is 48.0 Å². The zero-order chi connectivity index (χ0) is 19.9. The van der Waals surface area contributed by atoms with Gasteiger partial charge in [-0.25, -0.2) is 9.59 Å². The van der Waals surface area contributed by atoms with Crippen molar-refractivity contribution in [2.45, 2.75) is 12.6 Å². The highest BCUT2D eigenvalue weighted by Gasteiger charge is 2.20. The molecule has 0 aliphatic carbocycles. The SMILES string of the molecule is O=C(O)C(=O)O.c1ccc2c(c1)OCC(CNCc1ccc3c(c1)OCO3)O2. The van der Waals surface area contributed by atoms with Crippen molar-refractivity contribution >= 4 is 11.9 Å². The summed E-state index contributed by atoms with van der Waals surface area (Å²) in [6, 6.07) is 13.7. The molecule has 3 N–H and O–H groups in total. The maximum absolute atomic E-state index is 9.10. The van der Waals surface area contributed by atoms with E-state index in [1.807, 2.05) is 42.5 Å². The van der Waals surface area contributed by atoms with Crippen LogP contribution in [0, 0.1) is 0 Å². The first-order chi connectivity index (χ1) is 13.5. The Morgan fingerprint density at radius 1 is 0.929 bits per heavy atom. The molecule has 1 atom stereocenters. The molecule has 0 saturated heterocycles. The van der Waals surface area contributed by atoms with Crippen LogP contribution in [0.1, 0.15) is 5.56 Å². The maximum Gasteiger partial charge on any atom is 0.414 e. The first kappa shape index (κ1) is 19.3. The van der Waals surface area contributed by atoms with Gasteiger partial charge in [-0.1, -0.05) is 18.2 Å². The molecular weight excluding hydrogens is 370 g/mol. The number of hydrogen-bond donors (Lipinski definition) is 3. The fraction of sp³-hybridized carbons (Fsp3) is 0.263. The van der Waals surface area contributed by atoms with Gasteiger partial charge in [-0.05, 0) is 29.8 Å². The van der Waals surface area contributed by atoms with E-state index >= 15 is 0 Å². The molecule has 0 aromatic heterocycles. The average molecular weight is 389 g/mol. The van der Waals surface area contributed by atoms with E-state index < -0.39 is 11.9 Å². The Morgan fingerprint density at radius 2 is 1.61 bits per heavy atom. The van der Waals surface area contributed by atoms with Gasteiger partial charge in [0.25, 0.3) is 0 Å². The Kier molecular flexibility index (Phi) is 6.18. The molecule has 2 aromatic rings. The lowest BCUT2D eigenvalue weighted by atomic mass is 10.2. The zero-order valence-electron chi connectivity index (χ0n) is 14.8. The summed E-state index contributed by atoms with van der Waals surface area (Å²) in [6.45, 7) is 2.34. The van der Waals surface area contributed by atoms with Gasteiger partial charge in [0, 0.05) is 13.1 Å². The molecule has 0 saturated carbocycles. The summed E-state index contributed by atoms with van der Waals surface area (Å²) in [6.07, 6.45) is 0.0175. The van der Waals surface area contributed by atoms with Crippen molar-refractivity contribution < 1.29 is 38.7 Å². The number of carbonyl (C=O) groups is 2. The molecule has 9 heteroatoms. The monoisotopic (exact) mass is 389 g/mol. The second-order valence-corrected chi connectivity index (χ2v) is 5.93. The van der Waals surface area contributed by atoms with E-state index in [9.17, 15) is 0 Å². The minimum atomic E-state index is -1.82. The van der Waals surface area contributed by atoms with E-state index in [-0.39, 0.29) is 6.10 Å². The van der Waals surface area contributed by atoms with Gasteiger partial charge in [-0.15, -0.1) is 0 Å². The van der Waals surface area contributed by atoms with Gasteiger partial charge in [0.1, 0.15) is 12.7 Å². The van der Waals surface area contributed by atoms with Gasteiger partial charge in [-0.2, -0.15) is 0 Å². The normalized spacial score (nSPS) is 15.9. The lowest BCUT2D eigenvalue weighted by Crippen LogP contribution is -2.38. The van der Waals surface area contributed by atoms with Crippen LogP contribution in [0.3, 0.4) is 0 Å². The van der Waals surface area contributed by atoms with Crippen molar-refractivity contribution in [2.75, 3.05) is 19.9 Å². The summed E-state index contributed by atoms with van der Waals surface area (Å²) in [7, 11) is 0. The van der Waals surface area contributed by atoms with Gasteiger partial charge >= 0.3 is 11.9 Å². The Bertz CT molecular complexity index is 842. The van der Waals surface area contributed by atoms with Gasteiger partial charge in [0.2, 0.25) is 6.79 Å². The number of carboxylic acids is 2. The van der Waals surface area contributed by atoms with Crippen LogP contribution < -0.4 is 24.3 Å². The van der Waals surface area contributed by atoms with E-state index in [4.69, 9.17) is 38.7 Å². The predicted octanol–water partition coefficient (Wildman–Crippen LogP) is 1.50. The predicted molar refractivity (Wildman–Crippen MR) is 95.9 cm³/mol. The first-order valence-corrected chi connectivity index (χ1v) is 8.47. The van der Waals surface area contributed by atoms with Crippen LogP contribution in [0.25, 0.3) is 0 Å². The van der Waals surface area contributed by atoms with Gasteiger partial charge in [-0.3, -0.25) is 0 Å². The molecule has 0 bridgehead atoms. The smallest absolute Gasteiger partial charge is 0.414 e. The number of ether oxygens (including phenoxy) is 4. The molecule has 9 nitrogen and oxygen atoms in total. The van der Waals surface area contributed by atoms with Crippen molar-refractivity contribution in [3.63, 3.8) is 0 Å². The molecule has 2 aliphatic heterocycles. The molecule has 2 aliphatic rings. The summed E-state index contributed by atoms with van der Waals surface area (Å²) in [4.78, 5) is 18.2. The van der Waals surface area contributed by atoms with Crippen LogP contribution >= 0.6 is 0 Å². The van der Waals surface area contributed by atoms with Crippen LogP contribution in [0.2, 0.25) is 0 Å². The third-order valence-electron chi connectivity index (χ3n) is 3.89. The zero-order valence-corrected chi connectivity index (χ0v) is 14.8. The molecule has 4 rings (SSSR count). The number of benzene rings is 2. The fourth-order valence-corrected chi connectivity index (χ4v) is 2.59. The summed E-state index contributed by atoms with van der Waals surface area (Å²) < 4.78 is 22.3. The molecule has 2 aromatic carbocycles. The highest BCUT2D eigenvalue weighted by Crippen LogP contribution is 2.32. The Balaban J connectivity index is 0.000000330. The van der Waals surface area contributed by atoms with Crippen molar-refractivity contribution in [1.82, 2.24) is 5.32 Å². The Labute approximate surface area is 160 Å². The third kappa shape index (κ3) is 5.04. The van der Waals surface area contributed by atoms with Crippen LogP contribution in [0.5, 0.6) is 23.0 Å². The Morgan fingerprint density at radius 3 is 2.36 bits per heavy atom. The summed E-state index contributed by atoms with van der Waals surface area (Å²) in [5.41, 5.74) is 1.15. The molecule has 28 heavy (non-hydrogen) atoms. The van der Waals surface area contributed by atoms with E-state index in [0.29, 0.717) is 13.4 Å². The van der Waals surface area contributed by atoms with Crippen molar-refractivity contribution in [3.8, 4) is 23.0 Å². The highest BCUT2D eigenvalue weighted by atomic mass is 16.7. The molecule has 0 fully saturated rings. The van der Waals surface area contributed by atoms with Crippen molar-refractivity contribution in [2.24, 2.45) is 0 Å². The number of carboxylic acid groups (broad SMARTS) is 2. The van der Waals surface area contributed by atoms with E-state index in [0.717, 1.165) is 41.7 Å². The molecule has 0 spiro atoms. The molecule has 2 heterocycles. The molecule has 0 radical (unpaired) electrons. The number of nitrogens with one attached hydrogen (secondary N) is 1. The standard InChI is InChI=1S/C17H17NO4.C2H2O4/c1-2-4-16-14(3-1)19-10-13(22-16)9-18-8-12-5-6-15-17(7-12)21-11-20-15;3-1(4)2(5)6/h1-7,13,18H,8-11H2;(H,3,4)(H,5,6). The third-order valence-corrected chi connectivity index (χ3v) is 3.89. The minimum absolute atomic E-state index is 0.0175. The van der Waals surface area contributed by atoms with Crippen LogP contribution in [0.15, 0.2) is 42.5 Å². The molecule has 1 unspecified atom stereocenters. The largest absolute Gasteiger partial charge is 0.486 e. The van der Waals surface area contributed by atoms with E-state index in [1.165, 1.54) is 0 Å². The molecule has 0 amide bonds. The summed E-state index contributed by atoms with van der Waals surface area (Å²) in [5.74, 6) is -0.405. The number of para-hydroxylation sites is 2. The lowest BCUT2D eigenvalue weighted by molar-refractivity contribution is -0.159. The van der Waals surface area contributed by atoms with Crippen molar-refractivity contribution in [1.29, 1.82) is 0 Å². The van der Waals surface area contributed by atoms with Gasteiger partial charge in [0.05, 0.1) is 0 Å². The quantitative estimate of drug-likeness (QED) is 0.667. The molecular formula is C19H19NO8. The average Bonchev–Trinajstić information content (AvgIpc) is 3.16. The highest BCUT2D eigenvalue weighted by molar-refractivity contribution is 6.27. The van der Waals surface area contributed by atoms with Crippen LogP contribution in [-0.4, -0.2) is 48.2 Å². The minimum Gasteiger partial charge on any atom is -0.486 e. The number of hydrogen-bond acceptors (Lipinski definition) is 7. The first-order valence-electron chi connectivity index (χ1n) is 8.47. The van der Waals surface area contributed by atoms with Crippen LogP contribution in [0.4, 0.5) is 0 Å². The molecule has 148 valence electrons. The second-order valence-electron chi connectivity index (χ2n) is 5.93. The van der Waals surface area contributed by atoms with Gasteiger partial charge < -0.3 is 34.5 Å². The summed E-state index contributed by atoms with van der Waals surface area (Å²) >= 11 is 0. The Hall–Kier alpha value is -3.46. The number of aliphatic carboxylic acids is 2. The second kappa shape index (κ2) is 8.96. The number of fused-ring (bicyclic) bond motifs is 2. The lowest BCUT2D eigenvalue weighted by Gasteiger charge is -2.26. The van der Waals surface area contributed by atoms with Gasteiger partial charge in [0.15, 0.2) is 23.0 Å². The van der Waals surface area contributed by atoms with E-state index in [2.05, 4.69) is 5.32 Å². The van der Waals surface area contributed by atoms with E-state index in [1.54, 1.807) is 0 Å². The fourth-order valence-electron chi connectivity index (χ4n) is 2.59. The number of rotatable bonds is 4. The topological polar surface area (TPSA) is 124 Å². The summed E-state index contributed by atoms with van der Waals surface area (Å²) in [5, 5.41) is 18.2.